The highest BCUT2D eigenvalue weighted by Crippen LogP contribution is 2.55. The number of aromatic nitrogens is 1. The lowest BCUT2D eigenvalue weighted by molar-refractivity contribution is -0.150. The van der Waals surface area contributed by atoms with Crippen LogP contribution in [0.1, 0.15) is 52.7 Å². The summed E-state index contributed by atoms with van der Waals surface area (Å²) in [6.07, 6.45) is 13.7. The molecule has 1 aromatic heterocycles. The summed E-state index contributed by atoms with van der Waals surface area (Å²) in [5, 5.41) is 5.55. The minimum Gasteiger partial charge on any atom is -0.469 e. The molecule has 4 atom stereocenters. The van der Waals surface area contributed by atoms with Crippen LogP contribution in [0.25, 0.3) is 18.2 Å². The number of carbonyl (C=O) groups excluding carboxylic acids is 2. The van der Waals surface area contributed by atoms with E-state index in [2.05, 4.69) is 76.7 Å². The lowest BCUT2D eigenvalue weighted by atomic mass is 9.63. The predicted molar refractivity (Wildman–Crippen MR) is 178 cm³/mol. The molecule has 2 N–H and O–H groups in total. The number of hydrogen-bond acceptors (Lipinski definition) is 7. The molecule has 1 aromatic rings. The fourth-order valence-electron chi connectivity index (χ4n) is 7.25. The molecular formula is C37H40N4O4. The van der Waals surface area contributed by atoms with Gasteiger partial charge in [0.2, 0.25) is 0 Å². The Bertz CT molecular complexity index is 1990. The van der Waals surface area contributed by atoms with Gasteiger partial charge in [0, 0.05) is 27.9 Å². The number of aromatic amines is 1. The number of aliphatic imine (C=N–C) groups is 2. The number of methoxy groups -OCH3 is 2. The Balaban J connectivity index is 1.70. The minimum absolute atomic E-state index is 0.0901. The lowest BCUT2D eigenvalue weighted by Crippen LogP contribution is -2.44. The van der Waals surface area contributed by atoms with E-state index in [1.165, 1.54) is 19.8 Å². The van der Waals surface area contributed by atoms with Crippen molar-refractivity contribution in [1.82, 2.24) is 10.3 Å². The van der Waals surface area contributed by atoms with Gasteiger partial charge in [0.25, 0.3) is 0 Å². The Labute approximate surface area is 263 Å². The van der Waals surface area contributed by atoms with E-state index in [-0.39, 0.29) is 11.5 Å². The molecule has 6 rings (SSSR count). The summed E-state index contributed by atoms with van der Waals surface area (Å²) in [7, 11) is 2.66. The van der Waals surface area contributed by atoms with Crippen molar-refractivity contribution in [2.45, 2.75) is 54.0 Å². The molecule has 8 nitrogen and oxygen atoms in total. The smallest absolute Gasteiger partial charge is 0.334 e. The molecule has 8 heteroatoms. The third kappa shape index (κ3) is 4.33. The van der Waals surface area contributed by atoms with Crippen molar-refractivity contribution >= 4 is 41.6 Å². The molecule has 5 heterocycles. The van der Waals surface area contributed by atoms with Gasteiger partial charge in [-0.1, -0.05) is 31.7 Å². The van der Waals surface area contributed by atoms with Crippen LogP contribution < -0.4 is 16.0 Å². The van der Waals surface area contributed by atoms with Crippen LogP contribution in [0.3, 0.4) is 0 Å². The Morgan fingerprint density at radius 1 is 0.956 bits per heavy atom. The largest absolute Gasteiger partial charge is 0.469 e. The summed E-state index contributed by atoms with van der Waals surface area (Å²) in [4.78, 5) is 40.5. The van der Waals surface area contributed by atoms with Crippen LogP contribution >= 0.6 is 0 Å². The van der Waals surface area contributed by atoms with Crippen LogP contribution in [0.15, 0.2) is 85.8 Å². The fraction of sp³-hybridized carbons (Fsp3) is 0.351. The molecule has 0 radical (unpaired) electrons. The maximum Gasteiger partial charge on any atom is 0.334 e. The van der Waals surface area contributed by atoms with Gasteiger partial charge in [0.05, 0.1) is 53.6 Å². The first-order valence-corrected chi connectivity index (χ1v) is 15.2. The van der Waals surface area contributed by atoms with Crippen LogP contribution in [0.5, 0.6) is 0 Å². The topological polar surface area (TPSA) is 105 Å². The highest BCUT2D eigenvalue weighted by molar-refractivity contribution is 6.25. The van der Waals surface area contributed by atoms with Crippen molar-refractivity contribution in [3.63, 3.8) is 0 Å². The Kier molecular flexibility index (Phi) is 7.03. The van der Waals surface area contributed by atoms with Crippen molar-refractivity contribution in [3.8, 4) is 0 Å². The Morgan fingerprint density at radius 3 is 2.33 bits per heavy atom. The van der Waals surface area contributed by atoms with Crippen molar-refractivity contribution in [2.75, 3.05) is 14.2 Å². The summed E-state index contributed by atoms with van der Waals surface area (Å²) in [5.74, 6) is -1.98. The third-order valence-electron chi connectivity index (χ3n) is 10.6. The number of hydrogen-bond donors (Lipinski definition) is 2. The van der Waals surface area contributed by atoms with E-state index in [9.17, 15) is 9.59 Å². The Hall–Kier alpha value is -4.72. The molecule has 0 saturated carbocycles. The average Bonchev–Trinajstić information content (AvgIpc) is 3.63. The van der Waals surface area contributed by atoms with Gasteiger partial charge in [0.1, 0.15) is 5.92 Å². The van der Waals surface area contributed by atoms with Gasteiger partial charge in [-0.2, -0.15) is 0 Å². The SMILES string of the molecule is C=Cc1c(C)c2[nH]/c1=C\C1=NC(=C\C3=C(C)C(C)C(C)(/C=C4\N=C(C=2)C2=CC=C(C(=O)OC)[C@@H](C(=O)OC)[C@]24C)N3)/C(C)=C1C. The zero-order chi connectivity index (χ0) is 32.6. The first-order valence-electron chi connectivity index (χ1n) is 15.2. The molecule has 0 saturated heterocycles. The number of allylic oxidation sites excluding steroid dienone is 6. The molecule has 45 heavy (non-hydrogen) atoms. The first kappa shape index (κ1) is 30.3. The van der Waals surface area contributed by atoms with Gasteiger partial charge in [-0.15, -0.1) is 0 Å². The highest BCUT2D eigenvalue weighted by Gasteiger charge is 2.55. The number of fused-ring (bicyclic) bond motifs is 9. The van der Waals surface area contributed by atoms with Gasteiger partial charge >= 0.3 is 11.9 Å². The molecule has 8 bridgehead atoms. The van der Waals surface area contributed by atoms with E-state index < -0.39 is 28.8 Å². The second-order valence-electron chi connectivity index (χ2n) is 12.9. The fourth-order valence-corrected chi connectivity index (χ4v) is 7.25. The van der Waals surface area contributed by atoms with Gasteiger partial charge in [0.15, 0.2) is 0 Å². The quantitative estimate of drug-likeness (QED) is 0.489. The number of ether oxygens (including phenoxy) is 2. The van der Waals surface area contributed by atoms with Crippen LogP contribution in [0.2, 0.25) is 0 Å². The van der Waals surface area contributed by atoms with Crippen molar-refractivity contribution in [2.24, 2.45) is 27.2 Å². The normalized spacial score (nSPS) is 31.4. The van der Waals surface area contributed by atoms with Gasteiger partial charge in [-0.25, -0.2) is 9.79 Å². The van der Waals surface area contributed by atoms with E-state index in [1.54, 1.807) is 6.08 Å². The number of rotatable bonds is 3. The molecular weight excluding hydrogens is 564 g/mol. The summed E-state index contributed by atoms with van der Waals surface area (Å²) < 4.78 is 10.4. The first-order chi connectivity index (χ1) is 21.3. The summed E-state index contributed by atoms with van der Waals surface area (Å²) in [6.45, 7) is 18.8. The van der Waals surface area contributed by atoms with E-state index in [1.807, 2.05) is 25.2 Å². The maximum atomic E-state index is 13.6. The summed E-state index contributed by atoms with van der Waals surface area (Å²) >= 11 is 0. The summed E-state index contributed by atoms with van der Waals surface area (Å²) in [5.41, 5.74) is 9.11. The molecule has 5 aliphatic rings. The number of nitrogens with zero attached hydrogens (tertiary/aromatic N) is 2. The number of H-pyrrole nitrogens is 1. The van der Waals surface area contributed by atoms with Crippen LogP contribution in [-0.4, -0.2) is 48.1 Å². The van der Waals surface area contributed by atoms with Crippen LogP contribution in [-0.2, 0) is 19.1 Å². The van der Waals surface area contributed by atoms with Crippen molar-refractivity contribution < 1.29 is 19.1 Å². The third-order valence-corrected chi connectivity index (χ3v) is 10.6. The molecule has 0 aromatic carbocycles. The predicted octanol–water partition coefficient (Wildman–Crippen LogP) is 4.66. The van der Waals surface area contributed by atoms with Crippen LogP contribution in [0.4, 0.5) is 0 Å². The van der Waals surface area contributed by atoms with Crippen molar-refractivity contribution in [1.29, 1.82) is 0 Å². The minimum atomic E-state index is -1.01. The van der Waals surface area contributed by atoms with E-state index in [0.717, 1.165) is 55.7 Å². The molecule has 0 fully saturated rings. The van der Waals surface area contributed by atoms with E-state index in [0.29, 0.717) is 11.4 Å². The molecule has 2 unspecified atom stereocenters. The second-order valence-corrected chi connectivity index (χ2v) is 12.9. The molecule has 0 amide bonds. The maximum absolute atomic E-state index is 13.6. The standard InChI is InChI=1S/C37H40N4O4/c1-11-23-21(5)28-16-31-25-13-12-24(34(42)44-9)33(35(43)45-10)37(25,8)32(40-31)17-36(7)22(6)20(4)29(41-36)14-26-18(2)19(3)27(38-26)15-30(23)39-28/h11-17,22,33,39,41H,1H2,2-10H3/b26-14-,28-16?,30-15-,32-17-/t22?,33-,36?,37+/m0/s1. The average molecular weight is 605 g/mol. The molecule has 0 spiro atoms. The molecule has 4 aliphatic heterocycles. The zero-order valence-electron chi connectivity index (χ0n) is 27.4. The van der Waals surface area contributed by atoms with Gasteiger partial charge < -0.3 is 19.8 Å². The molecule has 1 aliphatic carbocycles. The van der Waals surface area contributed by atoms with E-state index >= 15 is 0 Å². The molecule has 232 valence electrons. The highest BCUT2D eigenvalue weighted by atomic mass is 16.5. The number of carbonyl (C=O) groups is 2. The van der Waals surface area contributed by atoms with Crippen molar-refractivity contribution in [3.05, 3.63) is 97.7 Å². The van der Waals surface area contributed by atoms with E-state index in [4.69, 9.17) is 19.5 Å². The zero-order valence-corrected chi connectivity index (χ0v) is 27.4. The number of esters is 2. The monoisotopic (exact) mass is 604 g/mol. The van der Waals surface area contributed by atoms with Gasteiger partial charge in [-0.3, -0.25) is 9.79 Å². The lowest BCUT2D eigenvalue weighted by Gasteiger charge is -2.39. The second kappa shape index (κ2) is 10.4. The van der Waals surface area contributed by atoms with Gasteiger partial charge in [-0.05, 0) is 93.7 Å². The Morgan fingerprint density at radius 2 is 1.67 bits per heavy atom. The summed E-state index contributed by atoms with van der Waals surface area (Å²) in [6, 6.07) is 0. The van der Waals surface area contributed by atoms with Crippen LogP contribution in [0, 0.1) is 24.2 Å². The number of nitrogens with one attached hydrogen (secondary N) is 2.